The fourth-order valence-corrected chi connectivity index (χ4v) is 1.76. The van der Waals surface area contributed by atoms with E-state index in [1.165, 1.54) is 6.08 Å². The van der Waals surface area contributed by atoms with E-state index < -0.39 is 5.97 Å². The summed E-state index contributed by atoms with van der Waals surface area (Å²) in [4.78, 5) is 15.0. The first-order valence-electron chi connectivity index (χ1n) is 5.45. The van der Waals surface area contributed by atoms with Crippen LogP contribution in [0, 0.1) is 0 Å². The highest BCUT2D eigenvalue weighted by atomic mass is 35.5. The second-order valence-electron chi connectivity index (χ2n) is 4.17. The maximum absolute atomic E-state index is 10.3. The van der Waals surface area contributed by atoms with Gasteiger partial charge in [0.2, 0.25) is 0 Å². The second-order valence-corrected chi connectivity index (χ2v) is 4.17. The lowest BCUT2D eigenvalue weighted by molar-refractivity contribution is -0.131. The molecule has 0 aromatic rings. The highest BCUT2D eigenvalue weighted by Crippen LogP contribution is 2.05. The van der Waals surface area contributed by atoms with E-state index in [9.17, 15) is 4.79 Å². The van der Waals surface area contributed by atoms with Crippen LogP contribution in [0.3, 0.4) is 0 Å². The van der Waals surface area contributed by atoms with E-state index in [1.807, 2.05) is 0 Å². The predicted molar refractivity (Wildman–Crippen MR) is 74.4 cm³/mol. The van der Waals surface area contributed by atoms with Gasteiger partial charge in [0.15, 0.2) is 0 Å². The van der Waals surface area contributed by atoms with Crippen molar-refractivity contribution in [3.63, 3.8) is 0 Å². The number of carbonyl (C=O) groups is 1. The summed E-state index contributed by atoms with van der Waals surface area (Å²) >= 11 is 0. The maximum Gasteiger partial charge on any atom is 0.328 e. The Hall–Kier alpha value is -0.290. The third kappa shape index (κ3) is 7.60. The molecule has 0 atom stereocenters. The molecule has 1 rings (SSSR count). The molecule has 4 nitrogen and oxygen atoms in total. The number of piperazine rings is 1. The van der Waals surface area contributed by atoms with Crippen LogP contribution in [0.25, 0.3) is 0 Å². The first kappa shape index (κ1) is 19.1. The summed E-state index contributed by atoms with van der Waals surface area (Å²) in [6.07, 6.45) is 2.93. The second kappa shape index (κ2) is 9.71. The summed E-state index contributed by atoms with van der Waals surface area (Å²) in [5.74, 6) is -0.865. The van der Waals surface area contributed by atoms with Crippen molar-refractivity contribution in [3.8, 4) is 0 Å². The lowest BCUT2D eigenvalue weighted by Gasteiger charge is -2.36. The van der Waals surface area contributed by atoms with Gasteiger partial charge < -0.3 is 5.11 Å². The molecule has 1 fully saturated rings. The lowest BCUT2D eigenvalue weighted by Crippen LogP contribution is -2.48. The first-order valence-corrected chi connectivity index (χ1v) is 5.45. The van der Waals surface area contributed by atoms with E-state index in [0.29, 0.717) is 6.04 Å². The summed E-state index contributed by atoms with van der Waals surface area (Å²) in [5, 5.41) is 8.44. The van der Waals surface area contributed by atoms with Gasteiger partial charge in [-0.3, -0.25) is 9.80 Å². The van der Waals surface area contributed by atoms with Crippen molar-refractivity contribution in [1.29, 1.82) is 0 Å². The predicted octanol–water partition coefficient (Wildman–Crippen LogP) is 1.50. The summed E-state index contributed by atoms with van der Waals surface area (Å²) < 4.78 is 0. The van der Waals surface area contributed by atoms with E-state index in [2.05, 4.69) is 23.6 Å². The minimum Gasteiger partial charge on any atom is -0.478 e. The molecule has 1 aliphatic rings. The minimum absolute atomic E-state index is 0. The number of rotatable bonds is 4. The molecule has 1 N–H and O–H groups in total. The number of halogens is 2. The van der Waals surface area contributed by atoms with Crippen molar-refractivity contribution in [2.45, 2.75) is 19.9 Å². The van der Waals surface area contributed by atoms with Crippen molar-refractivity contribution in [2.75, 3.05) is 32.7 Å². The molecule has 0 bridgehead atoms. The Morgan fingerprint density at radius 1 is 1.24 bits per heavy atom. The monoisotopic (exact) mass is 284 g/mol. The first-order chi connectivity index (χ1) is 7.09. The van der Waals surface area contributed by atoms with Crippen molar-refractivity contribution >= 4 is 30.8 Å². The Morgan fingerprint density at radius 3 is 2.18 bits per heavy atom. The average molecular weight is 285 g/mol. The molecule has 0 unspecified atom stereocenters. The summed E-state index contributed by atoms with van der Waals surface area (Å²) in [6, 6.07) is 0.613. The number of carboxylic acids is 1. The number of carboxylic acid groups (broad SMARTS) is 1. The third-order valence-electron chi connectivity index (χ3n) is 2.76. The van der Waals surface area contributed by atoms with Gasteiger partial charge in [-0.15, -0.1) is 24.8 Å². The number of hydrogen-bond acceptors (Lipinski definition) is 3. The van der Waals surface area contributed by atoms with Crippen LogP contribution in [0.4, 0.5) is 0 Å². The summed E-state index contributed by atoms with van der Waals surface area (Å²) in [5.41, 5.74) is 0. The zero-order valence-corrected chi connectivity index (χ0v) is 12.0. The van der Waals surface area contributed by atoms with E-state index in [1.54, 1.807) is 6.08 Å². The van der Waals surface area contributed by atoms with Gasteiger partial charge in [0.05, 0.1) is 0 Å². The largest absolute Gasteiger partial charge is 0.478 e. The maximum atomic E-state index is 10.3. The molecular formula is C11H22Cl2N2O2. The smallest absolute Gasteiger partial charge is 0.328 e. The molecule has 0 aliphatic carbocycles. The Kier molecular flexibility index (Phi) is 10.9. The van der Waals surface area contributed by atoms with Crippen molar-refractivity contribution in [1.82, 2.24) is 9.80 Å². The molecule has 17 heavy (non-hydrogen) atoms. The van der Waals surface area contributed by atoms with Crippen molar-refractivity contribution in [3.05, 3.63) is 12.2 Å². The van der Waals surface area contributed by atoms with Crippen LogP contribution >= 0.6 is 24.8 Å². The van der Waals surface area contributed by atoms with Crippen LogP contribution in [-0.4, -0.2) is 59.6 Å². The van der Waals surface area contributed by atoms with E-state index in [0.717, 1.165) is 32.7 Å². The van der Waals surface area contributed by atoms with Crippen LogP contribution in [0.15, 0.2) is 12.2 Å². The van der Waals surface area contributed by atoms with Gasteiger partial charge in [0.1, 0.15) is 0 Å². The fourth-order valence-electron chi connectivity index (χ4n) is 1.76. The standard InChI is InChI=1S/C11H20N2O2.2ClH/c1-10(2)13-8-6-12(7-9-13)5-3-4-11(14)15;;/h3-4,10H,5-9H2,1-2H3,(H,14,15);2*1H. The van der Waals surface area contributed by atoms with Gasteiger partial charge >= 0.3 is 5.97 Å². The average Bonchev–Trinajstić information content (AvgIpc) is 2.18. The Morgan fingerprint density at radius 2 is 1.76 bits per heavy atom. The molecule has 0 aromatic carbocycles. The zero-order chi connectivity index (χ0) is 11.3. The SMILES string of the molecule is CC(C)N1CCN(CC=CC(=O)O)CC1.Cl.Cl. The van der Waals surface area contributed by atoms with Gasteiger partial charge in [-0.05, 0) is 13.8 Å². The molecule has 1 heterocycles. The van der Waals surface area contributed by atoms with Crippen molar-refractivity contribution in [2.24, 2.45) is 0 Å². The molecule has 6 heteroatoms. The van der Waals surface area contributed by atoms with Crippen LogP contribution < -0.4 is 0 Å². The molecule has 1 saturated heterocycles. The number of hydrogen-bond donors (Lipinski definition) is 1. The highest BCUT2D eigenvalue weighted by molar-refractivity contribution is 5.85. The molecule has 0 saturated carbocycles. The Bertz CT molecular complexity index is 240. The van der Waals surface area contributed by atoms with Crippen LogP contribution in [0.2, 0.25) is 0 Å². The van der Waals surface area contributed by atoms with Gasteiger partial charge in [-0.25, -0.2) is 4.79 Å². The van der Waals surface area contributed by atoms with Crippen LogP contribution in [-0.2, 0) is 4.79 Å². The topological polar surface area (TPSA) is 43.8 Å². The normalized spacial score (nSPS) is 17.8. The van der Waals surface area contributed by atoms with Gasteiger partial charge in [-0.1, -0.05) is 6.08 Å². The van der Waals surface area contributed by atoms with Gasteiger partial charge in [-0.2, -0.15) is 0 Å². The highest BCUT2D eigenvalue weighted by Gasteiger charge is 2.17. The molecular weight excluding hydrogens is 263 g/mol. The Balaban J connectivity index is 0. The summed E-state index contributed by atoms with van der Waals surface area (Å²) in [6.45, 7) is 9.39. The molecule has 0 radical (unpaired) electrons. The van der Waals surface area contributed by atoms with Gasteiger partial charge in [0.25, 0.3) is 0 Å². The number of aliphatic carboxylic acids is 1. The van der Waals surface area contributed by atoms with E-state index in [-0.39, 0.29) is 24.8 Å². The minimum atomic E-state index is -0.865. The van der Waals surface area contributed by atoms with Crippen LogP contribution in [0.1, 0.15) is 13.8 Å². The molecule has 0 spiro atoms. The number of nitrogens with zero attached hydrogens (tertiary/aromatic N) is 2. The molecule has 0 amide bonds. The quantitative estimate of drug-likeness (QED) is 0.795. The third-order valence-corrected chi connectivity index (χ3v) is 2.76. The molecule has 1 aliphatic heterocycles. The molecule has 102 valence electrons. The van der Waals surface area contributed by atoms with Gasteiger partial charge in [0, 0.05) is 44.8 Å². The lowest BCUT2D eigenvalue weighted by atomic mass is 10.2. The van der Waals surface area contributed by atoms with Crippen LogP contribution in [0.5, 0.6) is 0 Å². The summed E-state index contributed by atoms with van der Waals surface area (Å²) in [7, 11) is 0. The van der Waals surface area contributed by atoms with E-state index in [4.69, 9.17) is 5.11 Å². The van der Waals surface area contributed by atoms with E-state index >= 15 is 0 Å². The van der Waals surface area contributed by atoms with Crippen molar-refractivity contribution < 1.29 is 9.90 Å². The fraction of sp³-hybridized carbons (Fsp3) is 0.727. The Labute approximate surface area is 115 Å². The zero-order valence-electron chi connectivity index (χ0n) is 10.3. The molecule has 0 aromatic heterocycles.